The van der Waals surface area contributed by atoms with Crippen LogP contribution in [-0.2, 0) is 4.79 Å². The number of carbonyl (C=O) groups excluding carboxylic acids is 1. The van der Waals surface area contributed by atoms with Gasteiger partial charge in [0.15, 0.2) is 6.61 Å². The number of para-hydroxylation sites is 1. The molecule has 124 valence electrons. The smallest absolute Gasteiger partial charge is 0.277 e. The Morgan fingerprint density at radius 1 is 0.760 bits per heavy atom. The molecule has 0 saturated heterocycles. The van der Waals surface area contributed by atoms with Gasteiger partial charge in [-0.2, -0.15) is 5.10 Å². The Bertz CT molecular complexity index is 790. The number of hydrazone groups is 1. The summed E-state index contributed by atoms with van der Waals surface area (Å²) in [5.74, 6) is 0.334. The van der Waals surface area contributed by atoms with E-state index in [-0.39, 0.29) is 12.5 Å². The summed E-state index contributed by atoms with van der Waals surface area (Å²) in [6.45, 7) is -0.0929. The van der Waals surface area contributed by atoms with Crippen LogP contribution in [0, 0.1) is 0 Å². The Morgan fingerprint density at radius 3 is 1.76 bits per heavy atom. The fourth-order valence-electron chi connectivity index (χ4n) is 2.30. The first-order valence-corrected chi connectivity index (χ1v) is 7.98. The third-order valence-corrected chi connectivity index (χ3v) is 3.50. The molecule has 3 rings (SSSR count). The number of ether oxygens (including phenoxy) is 1. The standard InChI is InChI=1S/C21H18N2O2/c24-20(16-25-19-14-8-3-9-15-19)22-23-21(17-10-4-1-5-11-17)18-12-6-2-7-13-18/h1-15H,16H2,(H,22,24). The molecule has 0 aliphatic heterocycles. The average molecular weight is 330 g/mol. The molecule has 0 radical (unpaired) electrons. The average Bonchev–Trinajstić information content (AvgIpc) is 2.69. The molecule has 0 fully saturated rings. The molecule has 0 aliphatic carbocycles. The van der Waals surface area contributed by atoms with Gasteiger partial charge in [0.25, 0.3) is 5.91 Å². The summed E-state index contributed by atoms with van der Waals surface area (Å²) in [5, 5.41) is 4.31. The van der Waals surface area contributed by atoms with E-state index in [4.69, 9.17) is 4.74 Å². The zero-order chi connectivity index (χ0) is 17.3. The van der Waals surface area contributed by atoms with E-state index in [1.807, 2.05) is 78.9 Å². The van der Waals surface area contributed by atoms with E-state index in [0.717, 1.165) is 11.1 Å². The number of hydrogen-bond acceptors (Lipinski definition) is 3. The lowest BCUT2D eigenvalue weighted by molar-refractivity contribution is -0.123. The van der Waals surface area contributed by atoms with Crippen LogP contribution >= 0.6 is 0 Å². The number of nitrogens with zero attached hydrogens (tertiary/aromatic N) is 1. The van der Waals surface area contributed by atoms with E-state index in [9.17, 15) is 4.79 Å². The van der Waals surface area contributed by atoms with Gasteiger partial charge in [-0.15, -0.1) is 0 Å². The van der Waals surface area contributed by atoms with Crippen LogP contribution in [0.2, 0.25) is 0 Å². The van der Waals surface area contributed by atoms with E-state index < -0.39 is 0 Å². The number of carbonyl (C=O) groups is 1. The molecule has 0 unspecified atom stereocenters. The molecule has 0 aliphatic rings. The van der Waals surface area contributed by atoms with E-state index in [2.05, 4.69) is 10.5 Å². The van der Waals surface area contributed by atoms with Crippen molar-refractivity contribution in [1.82, 2.24) is 5.43 Å². The van der Waals surface area contributed by atoms with Crippen LogP contribution in [0.4, 0.5) is 0 Å². The summed E-state index contributed by atoms with van der Waals surface area (Å²) in [5.41, 5.74) is 5.13. The highest BCUT2D eigenvalue weighted by Gasteiger charge is 2.08. The molecule has 1 N–H and O–H groups in total. The predicted molar refractivity (Wildman–Crippen MR) is 98.6 cm³/mol. The molecule has 0 spiro atoms. The van der Waals surface area contributed by atoms with Crippen molar-refractivity contribution in [2.75, 3.05) is 6.61 Å². The highest BCUT2D eigenvalue weighted by Crippen LogP contribution is 2.10. The summed E-state index contributed by atoms with van der Waals surface area (Å²) in [6.07, 6.45) is 0. The lowest BCUT2D eigenvalue weighted by Gasteiger charge is -2.08. The summed E-state index contributed by atoms with van der Waals surface area (Å²) in [4.78, 5) is 12.0. The van der Waals surface area contributed by atoms with Gasteiger partial charge in [-0.05, 0) is 12.1 Å². The van der Waals surface area contributed by atoms with Crippen LogP contribution in [0.1, 0.15) is 11.1 Å². The maximum absolute atomic E-state index is 12.0. The van der Waals surface area contributed by atoms with E-state index in [0.29, 0.717) is 11.5 Å². The summed E-state index contributed by atoms with van der Waals surface area (Å²) in [7, 11) is 0. The van der Waals surface area contributed by atoms with E-state index in [1.54, 1.807) is 12.1 Å². The van der Waals surface area contributed by atoms with Gasteiger partial charge in [0, 0.05) is 11.1 Å². The fourth-order valence-corrected chi connectivity index (χ4v) is 2.30. The second-order valence-electron chi connectivity index (χ2n) is 5.33. The molecule has 0 atom stereocenters. The molecule has 0 bridgehead atoms. The molecular weight excluding hydrogens is 312 g/mol. The van der Waals surface area contributed by atoms with Gasteiger partial charge in [0.2, 0.25) is 0 Å². The number of nitrogens with one attached hydrogen (secondary N) is 1. The zero-order valence-electron chi connectivity index (χ0n) is 13.6. The van der Waals surface area contributed by atoms with Gasteiger partial charge in [-0.3, -0.25) is 4.79 Å². The third kappa shape index (κ3) is 4.78. The number of rotatable bonds is 6. The van der Waals surface area contributed by atoms with Crippen LogP contribution in [0.5, 0.6) is 5.75 Å². The topological polar surface area (TPSA) is 50.7 Å². The Labute approximate surface area is 146 Å². The monoisotopic (exact) mass is 330 g/mol. The van der Waals surface area contributed by atoms with Crippen molar-refractivity contribution in [3.05, 3.63) is 102 Å². The Kier molecular flexibility index (Phi) is 5.56. The molecule has 0 heterocycles. The quantitative estimate of drug-likeness (QED) is 0.554. The molecule has 1 amide bonds. The molecule has 25 heavy (non-hydrogen) atoms. The van der Waals surface area contributed by atoms with Crippen molar-refractivity contribution >= 4 is 11.6 Å². The van der Waals surface area contributed by atoms with Crippen LogP contribution in [0.15, 0.2) is 96.1 Å². The Hall–Kier alpha value is -3.40. The lowest BCUT2D eigenvalue weighted by atomic mass is 10.0. The minimum absolute atomic E-state index is 0.0929. The molecule has 4 heteroatoms. The van der Waals surface area contributed by atoms with E-state index in [1.165, 1.54) is 0 Å². The van der Waals surface area contributed by atoms with Crippen molar-refractivity contribution in [1.29, 1.82) is 0 Å². The van der Waals surface area contributed by atoms with Crippen molar-refractivity contribution in [2.45, 2.75) is 0 Å². The third-order valence-electron chi connectivity index (χ3n) is 3.50. The minimum atomic E-state index is -0.312. The van der Waals surface area contributed by atoms with Gasteiger partial charge in [0.05, 0.1) is 5.71 Å². The highest BCUT2D eigenvalue weighted by molar-refractivity contribution is 6.13. The van der Waals surface area contributed by atoms with Crippen molar-refractivity contribution in [3.63, 3.8) is 0 Å². The first kappa shape index (κ1) is 16.5. The first-order chi connectivity index (χ1) is 12.3. The largest absolute Gasteiger partial charge is 0.484 e. The summed E-state index contributed by atoms with van der Waals surface area (Å²) >= 11 is 0. The van der Waals surface area contributed by atoms with Crippen LogP contribution in [0.3, 0.4) is 0 Å². The maximum atomic E-state index is 12.0. The van der Waals surface area contributed by atoms with Crippen molar-refractivity contribution in [2.24, 2.45) is 5.10 Å². The predicted octanol–water partition coefficient (Wildman–Crippen LogP) is 3.63. The number of benzene rings is 3. The van der Waals surface area contributed by atoms with E-state index >= 15 is 0 Å². The van der Waals surface area contributed by atoms with Gasteiger partial charge >= 0.3 is 0 Å². The van der Waals surface area contributed by atoms with Crippen molar-refractivity contribution in [3.8, 4) is 5.75 Å². The second-order valence-corrected chi connectivity index (χ2v) is 5.33. The Balaban J connectivity index is 1.72. The Morgan fingerprint density at radius 2 is 1.24 bits per heavy atom. The highest BCUT2D eigenvalue weighted by atomic mass is 16.5. The normalized spacial score (nSPS) is 9.92. The van der Waals surface area contributed by atoms with Gasteiger partial charge in [0.1, 0.15) is 5.75 Å². The number of hydrogen-bond donors (Lipinski definition) is 1. The molecule has 4 nitrogen and oxygen atoms in total. The summed E-state index contributed by atoms with van der Waals surface area (Å²) in [6, 6.07) is 28.7. The minimum Gasteiger partial charge on any atom is -0.484 e. The summed E-state index contributed by atoms with van der Waals surface area (Å²) < 4.78 is 5.43. The van der Waals surface area contributed by atoms with Gasteiger partial charge in [-0.1, -0.05) is 78.9 Å². The number of amides is 1. The van der Waals surface area contributed by atoms with Gasteiger partial charge in [-0.25, -0.2) is 5.43 Å². The van der Waals surface area contributed by atoms with Gasteiger partial charge < -0.3 is 4.74 Å². The second kappa shape index (κ2) is 8.45. The molecule has 0 saturated carbocycles. The molecule has 0 aromatic heterocycles. The van der Waals surface area contributed by atoms with Crippen LogP contribution in [-0.4, -0.2) is 18.2 Å². The first-order valence-electron chi connectivity index (χ1n) is 7.98. The molecule has 3 aromatic rings. The zero-order valence-corrected chi connectivity index (χ0v) is 13.6. The SMILES string of the molecule is O=C(COc1ccccc1)NN=C(c1ccccc1)c1ccccc1. The maximum Gasteiger partial charge on any atom is 0.277 e. The molecular formula is C21H18N2O2. The lowest BCUT2D eigenvalue weighted by Crippen LogP contribution is -2.26. The van der Waals surface area contributed by atoms with Crippen molar-refractivity contribution < 1.29 is 9.53 Å². The van der Waals surface area contributed by atoms with Crippen LogP contribution < -0.4 is 10.2 Å². The fraction of sp³-hybridized carbons (Fsp3) is 0.0476. The molecule has 3 aromatic carbocycles. The van der Waals surface area contributed by atoms with Crippen LogP contribution in [0.25, 0.3) is 0 Å².